The molecule has 2 heterocycles. The van der Waals surface area contributed by atoms with Crippen LogP contribution in [0.4, 0.5) is 0 Å². The van der Waals surface area contributed by atoms with Crippen LogP contribution < -0.4 is 17.0 Å². The fourth-order valence-corrected chi connectivity index (χ4v) is 3.04. The van der Waals surface area contributed by atoms with Gasteiger partial charge in [0, 0.05) is 12.3 Å². The van der Waals surface area contributed by atoms with Crippen molar-refractivity contribution in [2.45, 2.75) is 37.9 Å². The maximum Gasteiger partial charge on any atom is 0.331 e. The minimum atomic E-state index is -0.545. The lowest BCUT2D eigenvalue weighted by Gasteiger charge is -2.34. The third kappa shape index (κ3) is 3.72. The molecule has 4 rings (SSSR count). The Morgan fingerprint density at radius 1 is 1.11 bits per heavy atom. The zero-order valence-electron chi connectivity index (χ0n) is 14.6. The average molecular weight is 390 g/mol. The normalized spacial score (nSPS) is 15.0. The summed E-state index contributed by atoms with van der Waals surface area (Å²) in [6.45, 7) is 0.303. The van der Waals surface area contributed by atoms with Crippen LogP contribution in [0.15, 0.2) is 56.7 Å². The van der Waals surface area contributed by atoms with Crippen LogP contribution in [0.25, 0.3) is 0 Å². The Hall–Kier alpha value is -2.71. The van der Waals surface area contributed by atoms with Gasteiger partial charge < -0.3 is 10.3 Å². The van der Waals surface area contributed by atoms with Crippen molar-refractivity contribution >= 4 is 12.4 Å². The number of benzene rings is 1. The van der Waals surface area contributed by atoms with E-state index in [4.69, 9.17) is 10.3 Å². The van der Waals surface area contributed by atoms with Gasteiger partial charge in [0.1, 0.15) is 6.54 Å². The van der Waals surface area contributed by atoms with E-state index in [0.29, 0.717) is 12.4 Å². The maximum atomic E-state index is 12.7. The van der Waals surface area contributed by atoms with Crippen molar-refractivity contribution in [1.82, 2.24) is 19.3 Å². The molecule has 2 aromatic heterocycles. The monoisotopic (exact) mass is 389 g/mol. The van der Waals surface area contributed by atoms with E-state index in [1.54, 1.807) is 0 Å². The molecule has 9 heteroatoms. The molecule has 1 aromatic carbocycles. The first kappa shape index (κ1) is 19.1. The summed E-state index contributed by atoms with van der Waals surface area (Å²) in [7, 11) is 0. The van der Waals surface area contributed by atoms with E-state index in [-0.39, 0.29) is 24.8 Å². The van der Waals surface area contributed by atoms with Gasteiger partial charge in [-0.1, -0.05) is 35.5 Å². The number of rotatable bonds is 5. The van der Waals surface area contributed by atoms with Crippen LogP contribution in [-0.2, 0) is 18.6 Å². The molecule has 0 saturated heterocycles. The van der Waals surface area contributed by atoms with Crippen LogP contribution in [0.5, 0.6) is 0 Å². The van der Waals surface area contributed by atoms with E-state index in [1.807, 2.05) is 30.3 Å². The summed E-state index contributed by atoms with van der Waals surface area (Å²) >= 11 is 0. The molecule has 142 valence electrons. The van der Waals surface area contributed by atoms with Crippen LogP contribution in [0.1, 0.15) is 36.5 Å². The van der Waals surface area contributed by atoms with Crippen molar-refractivity contribution < 1.29 is 4.52 Å². The summed E-state index contributed by atoms with van der Waals surface area (Å²) < 4.78 is 7.77. The molecule has 0 atom stereocenters. The lowest BCUT2D eigenvalue weighted by atomic mass is 9.77. The Morgan fingerprint density at radius 3 is 2.52 bits per heavy atom. The SMILES string of the molecule is Cl.NC1(c2noc(Cn3c(=O)ccn(Cc4ccccc4)c3=O)n2)CCC1. The van der Waals surface area contributed by atoms with Gasteiger partial charge in [-0.2, -0.15) is 4.98 Å². The minimum Gasteiger partial charge on any atom is -0.337 e. The van der Waals surface area contributed by atoms with Crippen molar-refractivity contribution in [1.29, 1.82) is 0 Å². The number of nitrogens with two attached hydrogens (primary N) is 1. The lowest BCUT2D eigenvalue weighted by Crippen LogP contribution is -2.44. The van der Waals surface area contributed by atoms with Crippen molar-refractivity contribution in [3.8, 4) is 0 Å². The zero-order chi connectivity index (χ0) is 18.1. The Labute approximate surface area is 161 Å². The Morgan fingerprint density at radius 2 is 1.85 bits per heavy atom. The highest BCUT2D eigenvalue weighted by atomic mass is 35.5. The van der Waals surface area contributed by atoms with Gasteiger partial charge in [-0.05, 0) is 24.8 Å². The van der Waals surface area contributed by atoms with Crippen LogP contribution in [0, 0.1) is 0 Å². The molecule has 1 aliphatic carbocycles. The summed E-state index contributed by atoms with van der Waals surface area (Å²) in [6.07, 6.45) is 4.14. The number of halogens is 1. The molecule has 0 spiro atoms. The van der Waals surface area contributed by atoms with E-state index >= 15 is 0 Å². The van der Waals surface area contributed by atoms with Gasteiger partial charge in [0.2, 0.25) is 5.89 Å². The molecule has 27 heavy (non-hydrogen) atoms. The summed E-state index contributed by atoms with van der Waals surface area (Å²) in [6, 6.07) is 10.9. The highest BCUT2D eigenvalue weighted by molar-refractivity contribution is 5.85. The number of aromatic nitrogens is 4. The topological polar surface area (TPSA) is 109 Å². The van der Waals surface area contributed by atoms with Crippen LogP contribution in [0.2, 0.25) is 0 Å². The summed E-state index contributed by atoms with van der Waals surface area (Å²) in [4.78, 5) is 29.1. The smallest absolute Gasteiger partial charge is 0.331 e. The van der Waals surface area contributed by atoms with E-state index in [1.165, 1.54) is 16.8 Å². The molecule has 3 aromatic rings. The van der Waals surface area contributed by atoms with Gasteiger partial charge in [0.05, 0.1) is 12.1 Å². The third-order valence-electron chi connectivity index (χ3n) is 4.79. The van der Waals surface area contributed by atoms with E-state index < -0.39 is 16.8 Å². The molecule has 0 unspecified atom stereocenters. The predicted octanol–water partition coefficient (Wildman–Crippen LogP) is 1.25. The van der Waals surface area contributed by atoms with E-state index in [0.717, 1.165) is 29.4 Å². The standard InChI is InChI=1S/C18H19N5O3.ClH/c19-18(8-4-9-18)16-20-14(26-21-16)12-23-15(24)7-10-22(17(23)25)11-13-5-2-1-3-6-13;/h1-3,5-7,10H,4,8-9,11-12,19H2;1H. The number of hydrogen-bond donors (Lipinski definition) is 1. The first-order valence-corrected chi connectivity index (χ1v) is 8.51. The van der Waals surface area contributed by atoms with Crippen molar-refractivity contribution in [2.24, 2.45) is 5.73 Å². The molecule has 1 fully saturated rings. The van der Waals surface area contributed by atoms with Crippen LogP contribution >= 0.6 is 12.4 Å². The quantitative estimate of drug-likeness (QED) is 0.703. The zero-order valence-corrected chi connectivity index (χ0v) is 15.4. The highest BCUT2D eigenvalue weighted by Gasteiger charge is 2.39. The molecular formula is C18H20ClN5O3. The Balaban J connectivity index is 0.00000210. The van der Waals surface area contributed by atoms with Gasteiger partial charge >= 0.3 is 5.69 Å². The molecule has 8 nitrogen and oxygen atoms in total. The molecule has 1 aliphatic rings. The summed E-state index contributed by atoms with van der Waals surface area (Å²) in [5.41, 5.74) is 5.77. The first-order valence-electron chi connectivity index (χ1n) is 8.51. The largest absolute Gasteiger partial charge is 0.337 e. The lowest BCUT2D eigenvalue weighted by molar-refractivity contribution is 0.228. The maximum absolute atomic E-state index is 12.7. The predicted molar refractivity (Wildman–Crippen MR) is 101 cm³/mol. The second-order valence-electron chi connectivity index (χ2n) is 6.66. The fraction of sp³-hybridized carbons (Fsp3) is 0.333. The van der Waals surface area contributed by atoms with Crippen LogP contribution in [-0.4, -0.2) is 19.3 Å². The molecule has 0 aliphatic heterocycles. The number of nitrogens with zero attached hydrogens (tertiary/aromatic N) is 4. The Bertz CT molecular complexity index is 1040. The van der Waals surface area contributed by atoms with E-state index in [2.05, 4.69) is 10.1 Å². The van der Waals surface area contributed by atoms with Gasteiger partial charge in [0.15, 0.2) is 5.82 Å². The molecule has 0 bridgehead atoms. The highest BCUT2D eigenvalue weighted by Crippen LogP contribution is 2.36. The number of hydrogen-bond acceptors (Lipinski definition) is 6. The van der Waals surface area contributed by atoms with Crippen molar-refractivity contribution in [3.63, 3.8) is 0 Å². The molecule has 0 amide bonds. The second-order valence-corrected chi connectivity index (χ2v) is 6.66. The van der Waals surface area contributed by atoms with E-state index in [9.17, 15) is 9.59 Å². The Kier molecular flexibility index (Phi) is 5.29. The van der Waals surface area contributed by atoms with Crippen molar-refractivity contribution in [2.75, 3.05) is 0 Å². The minimum absolute atomic E-state index is 0. The molecule has 0 radical (unpaired) electrons. The van der Waals surface area contributed by atoms with Gasteiger partial charge in [-0.25, -0.2) is 4.79 Å². The second kappa shape index (κ2) is 7.50. The summed E-state index contributed by atoms with van der Waals surface area (Å²) in [5, 5.41) is 3.92. The van der Waals surface area contributed by atoms with Crippen molar-refractivity contribution in [3.05, 3.63) is 80.7 Å². The molecule has 1 saturated carbocycles. The van der Waals surface area contributed by atoms with Gasteiger partial charge in [-0.15, -0.1) is 12.4 Å². The first-order chi connectivity index (χ1) is 12.5. The molecule has 2 N–H and O–H groups in total. The average Bonchev–Trinajstić information content (AvgIpc) is 3.09. The summed E-state index contributed by atoms with van der Waals surface area (Å²) in [5.74, 6) is 0.640. The molecular weight excluding hydrogens is 370 g/mol. The van der Waals surface area contributed by atoms with Gasteiger partial charge in [0.25, 0.3) is 5.56 Å². The van der Waals surface area contributed by atoms with Crippen LogP contribution in [0.3, 0.4) is 0 Å². The fourth-order valence-electron chi connectivity index (χ4n) is 3.04. The third-order valence-corrected chi connectivity index (χ3v) is 4.79. The van der Waals surface area contributed by atoms with Gasteiger partial charge in [-0.3, -0.25) is 13.9 Å².